The van der Waals surface area contributed by atoms with Crippen LogP contribution in [0.5, 0.6) is 0 Å². The minimum atomic E-state index is -3.94. The molecular formula is C36H43FN6O9S. The number of carbonyl (C=O) groups is 4. The summed E-state index contributed by atoms with van der Waals surface area (Å²) in [7, 11) is -0.729. The maximum Gasteiger partial charge on any atom is 0.410 e. The van der Waals surface area contributed by atoms with Crippen LogP contribution in [0.4, 0.5) is 20.6 Å². The van der Waals surface area contributed by atoms with Crippen LogP contribution in [-0.4, -0.2) is 91.6 Å². The molecule has 5 aliphatic rings. The maximum atomic E-state index is 14.5. The van der Waals surface area contributed by atoms with E-state index in [0.717, 1.165) is 6.42 Å². The molecule has 1 saturated heterocycles. The van der Waals surface area contributed by atoms with E-state index in [1.54, 1.807) is 32.3 Å². The average molecular weight is 755 g/mol. The van der Waals surface area contributed by atoms with Crippen LogP contribution in [0, 0.1) is 11.7 Å². The standard InChI is InChI=1S/C36H43FN6O9S/c1-41(2)29-28(30(44)31(29)45)38-26-12-7-5-3-4-6-10-21-16-36(21,34(48)40-53(50,51)23-13-14-23)39-32(46)27-15-22(18-43(27)33(26)47)52-35(49)42-17-20-9-8-11-25(37)24(20)19-42/h6,8-11,21-23,26-27,38H,3-5,7,12-19H2,1-2H3,(H,39,46)(H,40,48)/b10-6-/t21-,22+,26-,27-,36+/m0/s1. The highest BCUT2D eigenvalue weighted by Crippen LogP contribution is 2.46. The van der Waals surface area contributed by atoms with Crippen molar-refractivity contribution in [3.05, 3.63) is 67.7 Å². The van der Waals surface area contributed by atoms with Crippen LogP contribution in [0.25, 0.3) is 0 Å². The number of anilines is 2. The second-order valence-electron chi connectivity index (χ2n) is 15.0. The third-order valence-electron chi connectivity index (χ3n) is 10.9. The highest BCUT2D eigenvalue weighted by Gasteiger charge is 2.62. The van der Waals surface area contributed by atoms with E-state index in [1.165, 1.54) is 20.8 Å². The second-order valence-corrected chi connectivity index (χ2v) is 16.9. The van der Waals surface area contributed by atoms with Crippen molar-refractivity contribution in [2.45, 2.75) is 99.9 Å². The number of halogens is 1. The van der Waals surface area contributed by atoms with Crippen molar-refractivity contribution in [2.75, 3.05) is 30.9 Å². The molecule has 0 spiro atoms. The van der Waals surface area contributed by atoms with Gasteiger partial charge in [0, 0.05) is 38.5 Å². The highest BCUT2D eigenvalue weighted by molar-refractivity contribution is 7.91. The van der Waals surface area contributed by atoms with Crippen LogP contribution in [0.1, 0.15) is 68.9 Å². The predicted octanol–water partition coefficient (Wildman–Crippen LogP) is 1.39. The van der Waals surface area contributed by atoms with Crippen LogP contribution >= 0.6 is 0 Å². The van der Waals surface area contributed by atoms with Gasteiger partial charge in [-0.2, -0.15) is 0 Å². The Kier molecular flexibility index (Phi) is 9.57. The Morgan fingerprint density at radius 3 is 2.53 bits per heavy atom. The molecule has 0 bridgehead atoms. The lowest BCUT2D eigenvalue weighted by Crippen LogP contribution is -2.57. The summed E-state index contributed by atoms with van der Waals surface area (Å²) in [6, 6.07) is 2.30. The zero-order chi connectivity index (χ0) is 37.8. The van der Waals surface area contributed by atoms with Gasteiger partial charge in [0.1, 0.15) is 40.9 Å². The molecule has 2 aromatic rings. The number of allylic oxidation sites excluding steroid dienone is 1. The molecule has 53 heavy (non-hydrogen) atoms. The number of nitrogens with zero attached hydrogens (tertiary/aromatic N) is 3. The molecule has 17 heteroatoms. The fourth-order valence-corrected chi connectivity index (χ4v) is 9.05. The van der Waals surface area contributed by atoms with E-state index in [0.29, 0.717) is 43.2 Å². The summed E-state index contributed by atoms with van der Waals surface area (Å²) >= 11 is 0. The molecule has 3 heterocycles. The normalized spacial score (nSPS) is 28.1. The first-order valence-corrected chi connectivity index (χ1v) is 19.6. The summed E-state index contributed by atoms with van der Waals surface area (Å²) in [5.41, 5.74) is -1.88. The summed E-state index contributed by atoms with van der Waals surface area (Å²) in [5, 5.41) is 5.10. The Morgan fingerprint density at radius 2 is 1.81 bits per heavy atom. The van der Waals surface area contributed by atoms with Crippen molar-refractivity contribution in [3.63, 3.8) is 0 Å². The Balaban J connectivity index is 1.17. The molecular weight excluding hydrogens is 711 g/mol. The first-order valence-electron chi connectivity index (χ1n) is 18.0. The van der Waals surface area contributed by atoms with Crippen molar-refractivity contribution < 1.29 is 36.7 Å². The van der Waals surface area contributed by atoms with E-state index in [4.69, 9.17) is 4.74 Å². The molecule has 2 aromatic carbocycles. The number of rotatable bonds is 7. The number of nitrogens with one attached hydrogen (secondary N) is 3. The van der Waals surface area contributed by atoms with Crippen molar-refractivity contribution in [2.24, 2.45) is 5.92 Å². The highest BCUT2D eigenvalue weighted by atomic mass is 32.2. The Hall–Kier alpha value is -4.80. The van der Waals surface area contributed by atoms with Gasteiger partial charge in [0.2, 0.25) is 21.8 Å². The summed E-state index contributed by atoms with van der Waals surface area (Å²) in [6.07, 6.45) is 5.75. The molecule has 3 fully saturated rings. The SMILES string of the molecule is CN(C)c1c(N[C@H]2CCCCC/C=C\[C@H]3C[C@@]3(C(=O)NS(=O)(=O)C3CC3)NC(=O)[C@@H]3C[C@@H](OC(=O)N4Cc5cccc(F)c5C4)CN3C2=O)c(=O)c1=O. The molecule has 284 valence electrons. The van der Waals surface area contributed by atoms with Gasteiger partial charge in [-0.1, -0.05) is 37.1 Å². The van der Waals surface area contributed by atoms with Gasteiger partial charge in [-0.25, -0.2) is 17.6 Å². The maximum absolute atomic E-state index is 14.5. The smallest absolute Gasteiger partial charge is 0.410 e. The fraction of sp³-hybridized carbons (Fsp3) is 0.556. The van der Waals surface area contributed by atoms with E-state index in [1.807, 2.05) is 6.08 Å². The van der Waals surface area contributed by atoms with E-state index < -0.39 is 85.4 Å². The van der Waals surface area contributed by atoms with E-state index >= 15 is 0 Å². The number of sulfonamides is 1. The number of hydrogen-bond donors (Lipinski definition) is 3. The molecule has 4 amide bonds. The molecule has 0 radical (unpaired) electrons. The Morgan fingerprint density at radius 1 is 1.04 bits per heavy atom. The van der Waals surface area contributed by atoms with Crippen LogP contribution < -0.4 is 31.1 Å². The summed E-state index contributed by atoms with van der Waals surface area (Å²) in [4.78, 5) is 84.9. The van der Waals surface area contributed by atoms with Gasteiger partial charge in [0.05, 0.1) is 18.3 Å². The van der Waals surface area contributed by atoms with Crippen LogP contribution in [-0.2, 0) is 42.2 Å². The molecule has 5 atom stereocenters. The lowest BCUT2D eigenvalue weighted by atomic mass is 10.0. The van der Waals surface area contributed by atoms with Gasteiger partial charge >= 0.3 is 6.09 Å². The van der Waals surface area contributed by atoms with Gasteiger partial charge in [0.15, 0.2) is 0 Å². The fourth-order valence-electron chi connectivity index (χ4n) is 7.69. The Bertz CT molecular complexity index is 2060. The number of fused-ring (bicyclic) bond motifs is 3. The van der Waals surface area contributed by atoms with Crippen molar-refractivity contribution >= 4 is 45.2 Å². The molecule has 3 aliphatic heterocycles. The second kappa shape index (κ2) is 13.9. The monoisotopic (exact) mass is 754 g/mol. The first kappa shape index (κ1) is 36.6. The molecule has 3 N–H and O–H groups in total. The summed E-state index contributed by atoms with van der Waals surface area (Å²) in [6.45, 7) is -0.108. The number of amides is 4. The Labute approximate surface area is 305 Å². The van der Waals surface area contributed by atoms with Crippen molar-refractivity contribution in [1.82, 2.24) is 19.8 Å². The van der Waals surface area contributed by atoms with Crippen LogP contribution in [0.2, 0.25) is 0 Å². The largest absolute Gasteiger partial charge is 0.444 e. The molecule has 15 nitrogen and oxygen atoms in total. The minimum Gasteiger partial charge on any atom is -0.444 e. The predicted molar refractivity (Wildman–Crippen MR) is 190 cm³/mol. The van der Waals surface area contributed by atoms with Crippen LogP contribution in [0.3, 0.4) is 0 Å². The lowest BCUT2D eigenvalue weighted by Gasteiger charge is -2.31. The molecule has 2 aliphatic carbocycles. The van der Waals surface area contributed by atoms with E-state index in [2.05, 4.69) is 15.4 Å². The molecule has 2 saturated carbocycles. The van der Waals surface area contributed by atoms with Gasteiger partial charge < -0.3 is 25.2 Å². The third-order valence-corrected chi connectivity index (χ3v) is 12.8. The minimum absolute atomic E-state index is 0.00322. The quantitative estimate of drug-likeness (QED) is 0.274. The number of benzene rings is 1. The number of ether oxygens (including phenoxy) is 1. The van der Waals surface area contributed by atoms with E-state index in [9.17, 15) is 41.6 Å². The molecule has 0 unspecified atom stereocenters. The number of carbonyl (C=O) groups excluding carboxylic acids is 4. The van der Waals surface area contributed by atoms with E-state index in [-0.39, 0.29) is 50.3 Å². The number of hydrogen-bond acceptors (Lipinski definition) is 11. The summed E-state index contributed by atoms with van der Waals surface area (Å²) < 4.78 is 48.0. The average Bonchev–Trinajstić information content (AvgIpc) is 3.99. The van der Waals surface area contributed by atoms with Crippen LogP contribution in [0.15, 0.2) is 39.9 Å². The van der Waals surface area contributed by atoms with Gasteiger partial charge in [-0.3, -0.25) is 33.6 Å². The van der Waals surface area contributed by atoms with Gasteiger partial charge in [-0.05, 0) is 50.2 Å². The van der Waals surface area contributed by atoms with Gasteiger partial charge in [-0.15, -0.1) is 0 Å². The first-order chi connectivity index (χ1) is 25.2. The van der Waals surface area contributed by atoms with Crippen molar-refractivity contribution in [1.29, 1.82) is 0 Å². The summed E-state index contributed by atoms with van der Waals surface area (Å²) in [5.74, 6) is -3.10. The topological polar surface area (TPSA) is 192 Å². The van der Waals surface area contributed by atoms with Crippen molar-refractivity contribution in [3.8, 4) is 0 Å². The third kappa shape index (κ3) is 7.02. The zero-order valence-electron chi connectivity index (χ0n) is 29.6. The molecule has 0 aromatic heterocycles. The lowest BCUT2D eigenvalue weighted by molar-refractivity contribution is -0.140. The van der Waals surface area contributed by atoms with Gasteiger partial charge in [0.25, 0.3) is 16.8 Å². The zero-order valence-corrected chi connectivity index (χ0v) is 30.4. The molecule has 7 rings (SSSR count).